The van der Waals surface area contributed by atoms with E-state index >= 15 is 0 Å². The third-order valence-corrected chi connectivity index (χ3v) is 5.11. The van der Waals surface area contributed by atoms with E-state index in [-0.39, 0.29) is 30.4 Å². The first kappa shape index (κ1) is 26.1. The smallest absolute Gasteiger partial charge is 0.386 e. The molecule has 5 N–H and O–H groups in total. The molecule has 0 saturated carbocycles. The highest BCUT2D eigenvalue weighted by molar-refractivity contribution is 6.00. The molecule has 1 aliphatic rings. The zero-order valence-electron chi connectivity index (χ0n) is 18.6. The van der Waals surface area contributed by atoms with Gasteiger partial charge in [0.1, 0.15) is 0 Å². The van der Waals surface area contributed by atoms with Gasteiger partial charge in [-0.3, -0.25) is 19.4 Å². The van der Waals surface area contributed by atoms with Crippen molar-refractivity contribution in [3.8, 4) is 0 Å². The molecule has 36 heavy (non-hydrogen) atoms. The normalized spacial score (nSPS) is 16.2. The average Bonchev–Trinajstić information content (AvgIpc) is 3.20. The number of carbonyl (C=O) groups is 4. The third-order valence-electron chi connectivity index (χ3n) is 5.11. The zero-order valence-corrected chi connectivity index (χ0v) is 18.6. The SMILES string of the molecule is NC(N)=Nc1cccc(N2CC(C(=O)NC(CC(=O)OC(=O)C(F)(F)F)c3cccnc3)CC2=O)c1. The van der Waals surface area contributed by atoms with E-state index < -0.39 is 42.4 Å². The number of alkyl halides is 3. The molecule has 3 rings (SSSR count). The lowest BCUT2D eigenvalue weighted by Gasteiger charge is -2.21. The number of ether oxygens (including phenoxy) is 1. The average molecular weight is 506 g/mol. The highest BCUT2D eigenvalue weighted by Gasteiger charge is 2.43. The molecule has 14 heteroatoms. The maximum absolute atomic E-state index is 13.0. The Balaban J connectivity index is 1.72. The van der Waals surface area contributed by atoms with Gasteiger partial charge in [0.2, 0.25) is 11.8 Å². The summed E-state index contributed by atoms with van der Waals surface area (Å²) >= 11 is 0. The molecular formula is C22H21F3N6O5. The minimum atomic E-state index is -5.35. The fourth-order valence-corrected chi connectivity index (χ4v) is 3.51. The summed E-state index contributed by atoms with van der Waals surface area (Å²) in [4.78, 5) is 57.7. The molecule has 2 unspecified atom stereocenters. The number of aliphatic imine (C=N–C) groups is 1. The Morgan fingerprint density at radius 3 is 2.61 bits per heavy atom. The highest BCUT2D eigenvalue weighted by atomic mass is 19.4. The number of halogens is 3. The van der Waals surface area contributed by atoms with E-state index in [0.717, 1.165) is 0 Å². The van der Waals surface area contributed by atoms with Crippen molar-refractivity contribution in [2.24, 2.45) is 22.4 Å². The Morgan fingerprint density at radius 2 is 1.97 bits per heavy atom. The van der Waals surface area contributed by atoms with Gasteiger partial charge in [-0.25, -0.2) is 9.79 Å². The second kappa shape index (κ2) is 10.8. The van der Waals surface area contributed by atoms with Crippen molar-refractivity contribution < 1.29 is 37.1 Å². The number of hydrogen-bond donors (Lipinski definition) is 3. The molecule has 2 aromatic rings. The molecule has 190 valence electrons. The number of nitrogens with one attached hydrogen (secondary N) is 1. The monoisotopic (exact) mass is 506 g/mol. The fraction of sp³-hybridized carbons (Fsp3) is 0.273. The van der Waals surface area contributed by atoms with Crippen LogP contribution in [0.4, 0.5) is 24.5 Å². The van der Waals surface area contributed by atoms with Gasteiger partial charge in [-0.15, -0.1) is 0 Å². The van der Waals surface area contributed by atoms with Crippen LogP contribution in [0, 0.1) is 5.92 Å². The molecule has 0 radical (unpaired) electrons. The van der Waals surface area contributed by atoms with Crippen molar-refractivity contribution in [3.05, 3.63) is 54.4 Å². The van der Waals surface area contributed by atoms with Crippen LogP contribution in [-0.2, 0) is 23.9 Å². The van der Waals surface area contributed by atoms with Crippen molar-refractivity contribution in [1.29, 1.82) is 0 Å². The van der Waals surface area contributed by atoms with Gasteiger partial charge in [0.25, 0.3) is 0 Å². The maximum atomic E-state index is 13.0. The van der Waals surface area contributed by atoms with E-state index in [9.17, 15) is 32.3 Å². The Morgan fingerprint density at radius 1 is 1.22 bits per heavy atom. The molecule has 0 spiro atoms. The van der Waals surface area contributed by atoms with Gasteiger partial charge < -0.3 is 26.4 Å². The van der Waals surface area contributed by atoms with Crippen LogP contribution in [0.15, 0.2) is 53.8 Å². The standard InChI is InChI=1S/C22H21F3N6O5/c23-22(24,25)20(35)36-18(33)9-16(12-3-2-6-28-10-12)30-19(34)13-7-17(32)31(11-13)15-5-1-4-14(8-15)29-21(26)27/h1-6,8,10,13,16H,7,9,11H2,(H,30,34)(H4,26,27,29). The van der Waals surface area contributed by atoms with Crippen LogP contribution < -0.4 is 21.7 Å². The van der Waals surface area contributed by atoms with Crippen LogP contribution in [-0.4, -0.2) is 47.4 Å². The maximum Gasteiger partial charge on any atom is 0.491 e. The number of carbonyl (C=O) groups excluding carboxylic acids is 4. The third kappa shape index (κ3) is 6.77. The van der Waals surface area contributed by atoms with Crippen molar-refractivity contribution in [2.75, 3.05) is 11.4 Å². The largest absolute Gasteiger partial charge is 0.491 e. The van der Waals surface area contributed by atoms with Crippen LogP contribution in [0.2, 0.25) is 0 Å². The van der Waals surface area contributed by atoms with Gasteiger partial charge >= 0.3 is 18.1 Å². The lowest BCUT2D eigenvalue weighted by Crippen LogP contribution is -2.37. The first-order chi connectivity index (χ1) is 16.9. The van der Waals surface area contributed by atoms with Crippen LogP contribution in [0.3, 0.4) is 0 Å². The minimum absolute atomic E-state index is 0.00723. The summed E-state index contributed by atoms with van der Waals surface area (Å²) in [6.07, 6.45) is -3.57. The van der Waals surface area contributed by atoms with E-state index in [2.05, 4.69) is 20.0 Å². The molecule has 11 nitrogen and oxygen atoms in total. The molecule has 1 aromatic heterocycles. The molecule has 2 heterocycles. The second-order valence-electron chi connectivity index (χ2n) is 7.77. The van der Waals surface area contributed by atoms with Gasteiger partial charge in [-0.1, -0.05) is 12.1 Å². The van der Waals surface area contributed by atoms with E-state index in [1.807, 2.05) is 0 Å². The van der Waals surface area contributed by atoms with Gasteiger partial charge in [0.15, 0.2) is 5.96 Å². The summed E-state index contributed by atoms with van der Waals surface area (Å²) in [7, 11) is 0. The predicted molar refractivity (Wildman–Crippen MR) is 119 cm³/mol. The van der Waals surface area contributed by atoms with E-state index in [4.69, 9.17) is 11.5 Å². The van der Waals surface area contributed by atoms with Crippen LogP contribution in [0.5, 0.6) is 0 Å². The number of anilines is 1. The number of amides is 2. The number of esters is 2. The lowest BCUT2D eigenvalue weighted by molar-refractivity contribution is -0.202. The van der Waals surface area contributed by atoms with Crippen molar-refractivity contribution >= 4 is 41.1 Å². The molecule has 1 saturated heterocycles. The number of nitrogens with zero attached hydrogens (tertiary/aromatic N) is 3. The summed E-state index contributed by atoms with van der Waals surface area (Å²) < 4.78 is 41.1. The van der Waals surface area contributed by atoms with E-state index in [0.29, 0.717) is 11.4 Å². The van der Waals surface area contributed by atoms with Gasteiger partial charge in [-0.2, -0.15) is 13.2 Å². The molecule has 1 aromatic carbocycles. The van der Waals surface area contributed by atoms with Crippen molar-refractivity contribution in [1.82, 2.24) is 10.3 Å². The quantitative estimate of drug-likeness (QED) is 0.218. The van der Waals surface area contributed by atoms with Gasteiger partial charge in [0, 0.05) is 31.0 Å². The van der Waals surface area contributed by atoms with Crippen LogP contribution in [0.1, 0.15) is 24.4 Å². The Hall–Kier alpha value is -4.49. The zero-order chi connectivity index (χ0) is 26.5. The number of pyridine rings is 1. The Kier molecular flexibility index (Phi) is 7.86. The van der Waals surface area contributed by atoms with Gasteiger partial charge in [-0.05, 0) is 29.8 Å². The van der Waals surface area contributed by atoms with Crippen molar-refractivity contribution in [2.45, 2.75) is 25.1 Å². The van der Waals surface area contributed by atoms with Crippen LogP contribution in [0.25, 0.3) is 0 Å². The fourth-order valence-electron chi connectivity index (χ4n) is 3.51. The summed E-state index contributed by atoms with van der Waals surface area (Å²) in [5.74, 6) is -6.15. The molecule has 1 fully saturated rings. The molecule has 1 aliphatic heterocycles. The number of rotatable bonds is 7. The number of nitrogens with two attached hydrogens (primary N) is 2. The summed E-state index contributed by atoms with van der Waals surface area (Å²) in [5.41, 5.74) is 11.9. The number of aromatic nitrogens is 1. The van der Waals surface area contributed by atoms with Crippen molar-refractivity contribution in [3.63, 3.8) is 0 Å². The van der Waals surface area contributed by atoms with E-state index in [1.165, 1.54) is 29.4 Å². The first-order valence-corrected chi connectivity index (χ1v) is 10.5. The Bertz CT molecular complexity index is 1180. The summed E-state index contributed by atoms with van der Waals surface area (Å²) in [5, 5.41) is 2.54. The lowest BCUT2D eigenvalue weighted by atomic mass is 10.0. The topological polar surface area (TPSA) is 170 Å². The molecule has 2 atom stereocenters. The van der Waals surface area contributed by atoms with Crippen LogP contribution >= 0.6 is 0 Å². The number of hydrogen-bond acceptors (Lipinski definition) is 7. The number of benzene rings is 1. The molecule has 0 aliphatic carbocycles. The summed E-state index contributed by atoms with van der Waals surface area (Å²) in [6, 6.07) is 8.26. The Labute approximate surface area is 202 Å². The number of guanidine groups is 1. The van der Waals surface area contributed by atoms with E-state index in [1.54, 1.807) is 24.3 Å². The molecule has 0 bridgehead atoms. The highest BCUT2D eigenvalue weighted by Crippen LogP contribution is 2.29. The minimum Gasteiger partial charge on any atom is -0.386 e. The molecule has 2 amide bonds. The summed E-state index contributed by atoms with van der Waals surface area (Å²) in [6.45, 7) is -0.00723. The van der Waals surface area contributed by atoms with Gasteiger partial charge in [0.05, 0.1) is 24.1 Å². The predicted octanol–water partition coefficient (Wildman–Crippen LogP) is 1.22. The molecular weight excluding hydrogens is 485 g/mol. The first-order valence-electron chi connectivity index (χ1n) is 10.5. The second-order valence-corrected chi connectivity index (χ2v) is 7.77.